The lowest BCUT2D eigenvalue weighted by atomic mass is 10.2. The quantitative estimate of drug-likeness (QED) is 0.899. The van der Waals surface area contributed by atoms with E-state index in [0.29, 0.717) is 18.7 Å². The maximum atomic E-state index is 11.7. The Bertz CT molecular complexity index is 546. The van der Waals surface area contributed by atoms with E-state index in [-0.39, 0.29) is 5.91 Å². The van der Waals surface area contributed by atoms with Crippen LogP contribution in [-0.2, 0) is 11.2 Å². The maximum Gasteiger partial charge on any atom is 0.224 e. The van der Waals surface area contributed by atoms with Crippen LogP contribution in [0.1, 0.15) is 23.6 Å². The molecule has 0 fully saturated rings. The smallest absolute Gasteiger partial charge is 0.224 e. The summed E-state index contributed by atoms with van der Waals surface area (Å²) < 4.78 is 5.09. The third kappa shape index (κ3) is 3.45. The highest BCUT2D eigenvalue weighted by Crippen LogP contribution is 2.10. The van der Waals surface area contributed by atoms with Crippen LogP contribution in [0.15, 0.2) is 34.9 Å². The third-order valence-electron chi connectivity index (χ3n) is 2.58. The summed E-state index contributed by atoms with van der Waals surface area (Å²) in [7, 11) is 0. The van der Waals surface area contributed by atoms with Crippen molar-refractivity contribution >= 4 is 11.6 Å². The van der Waals surface area contributed by atoms with Crippen molar-refractivity contribution in [2.75, 3.05) is 5.32 Å². The van der Waals surface area contributed by atoms with Gasteiger partial charge < -0.3 is 9.73 Å². The molecule has 0 aliphatic heterocycles. The number of rotatable bonds is 4. The monoisotopic (exact) mass is 244 g/mol. The first-order chi connectivity index (χ1) is 8.63. The average Bonchev–Trinajstić information content (AvgIpc) is 2.73. The van der Waals surface area contributed by atoms with Gasteiger partial charge in [0.05, 0.1) is 5.69 Å². The SMILES string of the molecule is Cc1cccc(NC(=O)CCc2coc(C)n2)c1. The van der Waals surface area contributed by atoms with Gasteiger partial charge in [0.15, 0.2) is 5.89 Å². The first-order valence-electron chi connectivity index (χ1n) is 5.91. The molecule has 18 heavy (non-hydrogen) atoms. The minimum absolute atomic E-state index is 0.0127. The van der Waals surface area contributed by atoms with E-state index in [9.17, 15) is 4.79 Å². The highest BCUT2D eigenvalue weighted by atomic mass is 16.3. The van der Waals surface area contributed by atoms with Gasteiger partial charge in [0.2, 0.25) is 5.91 Å². The summed E-state index contributed by atoms with van der Waals surface area (Å²) in [4.78, 5) is 15.9. The fraction of sp³-hybridized carbons (Fsp3) is 0.286. The van der Waals surface area contributed by atoms with Gasteiger partial charge in [-0.1, -0.05) is 12.1 Å². The van der Waals surface area contributed by atoms with Gasteiger partial charge in [0.25, 0.3) is 0 Å². The summed E-state index contributed by atoms with van der Waals surface area (Å²) in [6.07, 6.45) is 2.59. The van der Waals surface area contributed by atoms with E-state index in [1.54, 1.807) is 13.2 Å². The molecule has 1 aromatic heterocycles. The Morgan fingerprint density at radius 3 is 2.89 bits per heavy atom. The third-order valence-corrected chi connectivity index (χ3v) is 2.58. The van der Waals surface area contributed by atoms with Gasteiger partial charge >= 0.3 is 0 Å². The molecule has 0 aliphatic rings. The normalized spacial score (nSPS) is 10.3. The molecule has 2 aromatic rings. The number of benzene rings is 1. The van der Waals surface area contributed by atoms with Gasteiger partial charge in [-0.25, -0.2) is 4.98 Å². The molecule has 0 atom stereocenters. The minimum atomic E-state index is -0.0127. The Morgan fingerprint density at radius 1 is 1.39 bits per heavy atom. The fourth-order valence-electron chi connectivity index (χ4n) is 1.71. The second-order valence-corrected chi connectivity index (χ2v) is 4.28. The van der Waals surface area contributed by atoms with Crippen molar-refractivity contribution in [3.63, 3.8) is 0 Å². The molecule has 4 nitrogen and oxygen atoms in total. The van der Waals surface area contributed by atoms with Crippen molar-refractivity contribution in [2.45, 2.75) is 26.7 Å². The highest BCUT2D eigenvalue weighted by molar-refractivity contribution is 5.90. The number of hydrogen-bond donors (Lipinski definition) is 1. The van der Waals surface area contributed by atoms with Crippen LogP contribution in [-0.4, -0.2) is 10.9 Å². The van der Waals surface area contributed by atoms with Crippen LogP contribution < -0.4 is 5.32 Å². The second kappa shape index (κ2) is 5.49. The Balaban J connectivity index is 1.85. The molecule has 0 radical (unpaired) electrons. The summed E-state index contributed by atoms with van der Waals surface area (Å²) >= 11 is 0. The van der Waals surface area contributed by atoms with E-state index < -0.39 is 0 Å². The van der Waals surface area contributed by atoms with E-state index in [1.165, 1.54) is 0 Å². The lowest BCUT2D eigenvalue weighted by molar-refractivity contribution is -0.116. The number of carbonyl (C=O) groups excluding carboxylic acids is 1. The van der Waals surface area contributed by atoms with Crippen LogP contribution in [0.4, 0.5) is 5.69 Å². The summed E-state index contributed by atoms with van der Waals surface area (Å²) in [5, 5.41) is 2.86. The number of nitrogens with one attached hydrogen (secondary N) is 1. The van der Waals surface area contributed by atoms with Crippen LogP contribution in [0.2, 0.25) is 0 Å². The van der Waals surface area contributed by atoms with E-state index >= 15 is 0 Å². The number of hydrogen-bond acceptors (Lipinski definition) is 3. The van der Waals surface area contributed by atoms with Crippen LogP contribution in [0.3, 0.4) is 0 Å². The number of carbonyl (C=O) groups is 1. The zero-order valence-electron chi connectivity index (χ0n) is 10.6. The highest BCUT2D eigenvalue weighted by Gasteiger charge is 2.05. The molecule has 1 amide bonds. The zero-order chi connectivity index (χ0) is 13.0. The predicted octanol–water partition coefficient (Wildman–Crippen LogP) is 2.86. The molecule has 2 rings (SSSR count). The van der Waals surface area contributed by atoms with Crippen molar-refractivity contribution in [1.82, 2.24) is 4.98 Å². The van der Waals surface area contributed by atoms with Gasteiger partial charge in [0.1, 0.15) is 6.26 Å². The summed E-state index contributed by atoms with van der Waals surface area (Å²) in [6.45, 7) is 3.78. The molecular weight excluding hydrogens is 228 g/mol. The summed E-state index contributed by atoms with van der Waals surface area (Å²) in [5.74, 6) is 0.616. The molecule has 0 saturated heterocycles. The number of oxazole rings is 1. The Kier molecular flexibility index (Phi) is 3.77. The van der Waals surface area contributed by atoms with Gasteiger partial charge in [0, 0.05) is 25.5 Å². The van der Waals surface area contributed by atoms with Crippen LogP contribution in [0.25, 0.3) is 0 Å². The second-order valence-electron chi connectivity index (χ2n) is 4.28. The van der Waals surface area contributed by atoms with E-state index in [1.807, 2.05) is 31.2 Å². The first kappa shape index (κ1) is 12.4. The molecule has 94 valence electrons. The van der Waals surface area contributed by atoms with Crippen LogP contribution in [0.5, 0.6) is 0 Å². The first-order valence-corrected chi connectivity index (χ1v) is 5.91. The summed E-state index contributed by atoms with van der Waals surface area (Å²) in [6, 6.07) is 7.74. The lowest BCUT2D eigenvalue weighted by Gasteiger charge is -2.04. The molecule has 1 heterocycles. The van der Waals surface area contributed by atoms with Gasteiger partial charge in [-0.15, -0.1) is 0 Å². The minimum Gasteiger partial charge on any atom is -0.449 e. The predicted molar refractivity (Wildman–Crippen MR) is 69.4 cm³/mol. The van der Waals surface area contributed by atoms with Crippen LogP contribution in [0, 0.1) is 13.8 Å². The molecule has 0 spiro atoms. The Morgan fingerprint density at radius 2 is 2.22 bits per heavy atom. The molecule has 0 aliphatic carbocycles. The van der Waals surface area contributed by atoms with Crippen molar-refractivity contribution in [2.24, 2.45) is 0 Å². The van der Waals surface area contributed by atoms with E-state index in [4.69, 9.17) is 4.42 Å². The molecule has 4 heteroatoms. The van der Waals surface area contributed by atoms with Gasteiger partial charge in [-0.3, -0.25) is 4.79 Å². The number of aryl methyl sites for hydroxylation is 3. The Hall–Kier alpha value is -2.10. The van der Waals surface area contributed by atoms with Gasteiger partial charge in [-0.05, 0) is 24.6 Å². The van der Waals surface area contributed by atoms with Crippen molar-refractivity contribution in [3.05, 3.63) is 47.7 Å². The van der Waals surface area contributed by atoms with E-state index in [0.717, 1.165) is 16.9 Å². The van der Waals surface area contributed by atoms with Crippen molar-refractivity contribution in [3.8, 4) is 0 Å². The van der Waals surface area contributed by atoms with Crippen molar-refractivity contribution in [1.29, 1.82) is 0 Å². The maximum absolute atomic E-state index is 11.7. The lowest BCUT2D eigenvalue weighted by Crippen LogP contribution is -2.12. The number of anilines is 1. The number of nitrogens with zero attached hydrogens (tertiary/aromatic N) is 1. The average molecular weight is 244 g/mol. The number of amides is 1. The summed E-state index contributed by atoms with van der Waals surface area (Å²) in [5.41, 5.74) is 2.77. The molecule has 0 saturated carbocycles. The number of aromatic nitrogens is 1. The largest absolute Gasteiger partial charge is 0.449 e. The topological polar surface area (TPSA) is 55.1 Å². The molecule has 0 bridgehead atoms. The van der Waals surface area contributed by atoms with E-state index in [2.05, 4.69) is 10.3 Å². The Labute approximate surface area is 106 Å². The van der Waals surface area contributed by atoms with Crippen LogP contribution >= 0.6 is 0 Å². The van der Waals surface area contributed by atoms with Crippen molar-refractivity contribution < 1.29 is 9.21 Å². The zero-order valence-corrected chi connectivity index (χ0v) is 10.6. The fourth-order valence-corrected chi connectivity index (χ4v) is 1.71. The standard InChI is InChI=1S/C14H16N2O2/c1-10-4-3-5-12(8-10)16-14(17)7-6-13-9-18-11(2)15-13/h3-5,8-9H,6-7H2,1-2H3,(H,16,17). The molecule has 0 unspecified atom stereocenters. The molecule has 1 N–H and O–H groups in total. The van der Waals surface area contributed by atoms with Gasteiger partial charge in [-0.2, -0.15) is 0 Å². The molecule has 1 aromatic carbocycles. The molecular formula is C14H16N2O2.